The minimum absolute atomic E-state index is 0.258. The van der Waals surface area contributed by atoms with Gasteiger partial charge in [0.25, 0.3) is 5.91 Å². The van der Waals surface area contributed by atoms with Gasteiger partial charge in [-0.3, -0.25) is 4.79 Å². The molecule has 0 fully saturated rings. The zero-order chi connectivity index (χ0) is 22.8. The standard InChI is InChI=1S/C24H23ClN4O2S/c1-13-12-14(2)27-24(26-13)28-21(17-7-9-18(25)10-8-17)20-15(3)16(4)32-23(20)29-22(30)19-6-5-11-31-19/h5-12,21H,1-4H3,(H,29,30)(H,26,27,28). The molecule has 0 aliphatic rings. The van der Waals surface area contributed by atoms with Crippen LogP contribution in [0.25, 0.3) is 0 Å². The van der Waals surface area contributed by atoms with E-state index >= 15 is 0 Å². The number of rotatable bonds is 6. The monoisotopic (exact) mass is 466 g/mol. The second-order valence-electron chi connectivity index (χ2n) is 7.56. The summed E-state index contributed by atoms with van der Waals surface area (Å²) in [6.07, 6.45) is 1.48. The SMILES string of the molecule is Cc1cc(C)nc(NC(c2ccc(Cl)cc2)c2c(NC(=O)c3ccco3)sc(C)c2C)n1. The van der Waals surface area contributed by atoms with E-state index in [0.29, 0.717) is 11.0 Å². The van der Waals surface area contributed by atoms with Crippen LogP contribution in [0.2, 0.25) is 5.02 Å². The molecule has 1 amide bonds. The summed E-state index contributed by atoms with van der Waals surface area (Å²) in [4.78, 5) is 23.0. The summed E-state index contributed by atoms with van der Waals surface area (Å²) in [7, 11) is 0. The normalized spacial score (nSPS) is 11.9. The van der Waals surface area contributed by atoms with E-state index in [-0.39, 0.29) is 17.7 Å². The fourth-order valence-corrected chi connectivity index (χ4v) is 4.77. The Morgan fingerprint density at radius 2 is 1.75 bits per heavy atom. The number of aromatic nitrogens is 2. The number of halogens is 1. The molecule has 6 nitrogen and oxygen atoms in total. The molecule has 2 N–H and O–H groups in total. The van der Waals surface area contributed by atoms with Crippen molar-refractivity contribution in [3.63, 3.8) is 0 Å². The minimum Gasteiger partial charge on any atom is -0.459 e. The second-order valence-corrected chi connectivity index (χ2v) is 9.22. The van der Waals surface area contributed by atoms with Gasteiger partial charge in [-0.15, -0.1) is 11.3 Å². The van der Waals surface area contributed by atoms with Crippen LogP contribution in [-0.4, -0.2) is 15.9 Å². The van der Waals surface area contributed by atoms with Crippen molar-refractivity contribution in [2.45, 2.75) is 33.7 Å². The molecule has 8 heteroatoms. The number of amides is 1. The third kappa shape index (κ3) is 4.69. The predicted octanol–water partition coefficient (Wildman–Crippen LogP) is 6.47. The van der Waals surface area contributed by atoms with Crippen molar-refractivity contribution in [2.75, 3.05) is 10.6 Å². The van der Waals surface area contributed by atoms with Gasteiger partial charge in [0, 0.05) is 26.9 Å². The fraction of sp³-hybridized carbons (Fsp3) is 0.208. The summed E-state index contributed by atoms with van der Waals surface area (Å²) in [5, 5.41) is 7.91. The van der Waals surface area contributed by atoms with Crippen LogP contribution < -0.4 is 10.6 Å². The van der Waals surface area contributed by atoms with E-state index in [4.69, 9.17) is 16.0 Å². The molecule has 1 atom stereocenters. The van der Waals surface area contributed by atoms with Crippen LogP contribution in [0.3, 0.4) is 0 Å². The maximum Gasteiger partial charge on any atom is 0.291 e. The van der Waals surface area contributed by atoms with Crippen molar-refractivity contribution in [1.29, 1.82) is 0 Å². The van der Waals surface area contributed by atoms with Crippen LogP contribution in [0.5, 0.6) is 0 Å². The number of benzene rings is 1. The lowest BCUT2D eigenvalue weighted by molar-refractivity contribution is 0.0997. The van der Waals surface area contributed by atoms with E-state index in [0.717, 1.165) is 38.0 Å². The molecular weight excluding hydrogens is 444 g/mol. The summed E-state index contributed by atoms with van der Waals surface area (Å²) in [6, 6.07) is 12.6. The van der Waals surface area contributed by atoms with Crippen LogP contribution in [0.15, 0.2) is 53.1 Å². The van der Waals surface area contributed by atoms with E-state index in [1.807, 2.05) is 51.1 Å². The van der Waals surface area contributed by atoms with Crippen molar-refractivity contribution in [2.24, 2.45) is 0 Å². The largest absolute Gasteiger partial charge is 0.459 e. The van der Waals surface area contributed by atoms with Gasteiger partial charge in [-0.05, 0) is 69.2 Å². The first-order valence-corrected chi connectivity index (χ1v) is 11.3. The molecule has 0 aliphatic carbocycles. The lowest BCUT2D eigenvalue weighted by Crippen LogP contribution is -2.18. The van der Waals surface area contributed by atoms with Gasteiger partial charge in [0.15, 0.2) is 5.76 Å². The van der Waals surface area contributed by atoms with Crippen molar-refractivity contribution >= 4 is 39.8 Å². The molecule has 1 aromatic carbocycles. The number of thiophene rings is 1. The van der Waals surface area contributed by atoms with Crippen molar-refractivity contribution in [3.8, 4) is 0 Å². The van der Waals surface area contributed by atoms with Crippen molar-refractivity contribution in [1.82, 2.24) is 9.97 Å². The lowest BCUT2D eigenvalue weighted by atomic mass is 9.96. The van der Waals surface area contributed by atoms with E-state index in [1.165, 1.54) is 17.6 Å². The van der Waals surface area contributed by atoms with Crippen molar-refractivity contribution in [3.05, 3.63) is 92.5 Å². The first kappa shape index (κ1) is 22.0. The van der Waals surface area contributed by atoms with Gasteiger partial charge in [-0.25, -0.2) is 9.97 Å². The molecule has 0 spiro atoms. The first-order chi connectivity index (χ1) is 15.3. The van der Waals surface area contributed by atoms with E-state index in [2.05, 4.69) is 27.5 Å². The third-order valence-electron chi connectivity index (χ3n) is 5.15. The summed E-state index contributed by atoms with van der Waals surface area (Å²) >= 11 is 7.68. The van der Waals surface area contributed by atoms with E-state index in [9.17, 15) is 4.79 Å². The number of hydrogen-bond acceptors (Lipinski definition) is 6. The number of nitrogens with zero attached hydrogens (tertiary/aromatic N) is 2. The minimum atomic E-state index is -0.301. The first-order valence-electron chi connectivity index (χ1n) is 10.1. The fourth-order valence-electron chi connectivity index (χ4n) is 3.55. The van der Waals surface area contributed by atoms with Crippen molar-refractivity contribution < 1.29 is 9.21 Å². The molecule has 0 radical (unpaired) electrons. The third-order valence-corrected chi connectivity index (χ3v) is 6.54. The number of carbonyl (C=O) groups excluding carboxylic acids is 1. The smallest absolute Gasteiger partial charge is 0.291 e. The highest BCUT2D eigenvalue weighted by atomic mass is 35.5. The van der Waals surface area contributed by atoms with Gasteiger partial charge in [0.05, 0.1) is 12.3 Å². The molecule has 1 unspecified atom stereocenters. The molecule has 3 aromatic heterocycles. The molecule has 3 heterocycles. The number of anilines is 2. The second kappa shape index (κ2) is 9.14. The highest BCUT2D eigenvalue weighted by molar-refractivity contribution is 7.16. The quantitative estimate of drug-likeness (QED) is 0.340. The number of aryl methyl sites for hydroxylation is 3. The van der Waals surface area contributed by atoms with Gasteiger partial charge in [-0.1, -0.05) is 23.7 Å². The molecule has 0 bridgehead atoms. The Kier molecular flexibility index (Phi) is 6.30. The number of carbonyl (C=O) groups is 1. The summed E-state index contributed by atoms with van der Waals surface area (Å²) in [5.41, 5.74) is 4.77. The summed E-state index contributed by atoms with van der Waals surface area (Å²) < 4.78 is 5.27. The Hall–Kier alpha value is -3.16. The predicted molar refractivity (Wildman–Crippen MR) is 129 cm³/mol. The Morgan fingerprint density at radius 3 is 2.38 bits per heavy atom. The van der Waals surface area contributed by atoms with E-state index < -0.39 is 0 Å². The topological polar surface area (TPSA) is 80.0 Å². The Bertz CT molecular complexity index is 1230. The van der Waals surface area contributed by atoms with Crippen LogP contribution in [-0.2, 0) is 0 Å². The maximum absolute atomic E-state index is 12.7. The van der Waals surface area contributed by atoms with Gasteiger partial charge in [0.1, 0.15) is 5.00 Å². The molecule has 0 saturated heterocycles. The van der Waals surface area contributed by atoms with Crippen LogP contribution >= 0.6 is 22.9 Å². The van der Waals surface area contributed by atoms with Gasteiger partial charge in [0.2, 0.25) is 5.95 Å². The molecule has 0 saturated carbocycles. The van der Waals surface area contributed by atoms with Gasteiger partial charge >= 0.3 is 0 Å². The highest BCUT2D eigenvalue weighted by Crippen LogP contribution is 2.41. The average molecular weight is 467 g/mol. The number of hydrogen-bond donors (Lipinski definition) is 2. The zero-order valence-corrected chi connectivity index (χ0v) is 19.8. The molecule has 4 rings (SSSR count). The lowest BCUT2D eigenvalue weighted by Gasteiger charge is -2.22. The molecule has 32 heavy (non-hydrogen) atoms. The summed E-state index contributed by atoms with van der Waals surface area (Å²) in [6.45, 7) is 7.97. The van der Waals surface area contributed by atoms with Gasteiger partial charge in [-0.2, -0.15) is 0 Å². The maximum atomic E-state index is 12.7. The summed E-state index contributed by atoms with van der Waals surface area (Å²) in [5.74, 6) is 0.484. The molecular formula is C24H23ClN4O2S. The average Bonchev–Trinajstić information content (AvgIpc) is 3.36. The number of furan rings is 1. The Balaban J connectivity index is 1.80. The number of nitrogens with one attached hydrogen (secondary N) is 2. The Labute approximate surface area is 195 Å². The van der Waals surface area contributed by atoms with Gasteiger partial charge < -0.3 is 15.1 Å². The zero-order valence-electron chi connectivity index (χ0n) is 18.2. The van der Waals surface area contributed by atoms with Crippen LogP contribution in [0, 0.1) is 27.7 Å². The molecule has 0 aliphatic heterocycles. The van der Waals surface area contributed by atoms with Crippen LogP contribution in [0.4, 0.5) is 10.9 Å². The molecule has 164 valence electrons. The van der Waals surface area contributed by atoms with E-state index in [1.54, 1.807) is 12.1 Å². The highest BCUT2D eigenvalue weighted by Gasteiger charge is 2.26. The Morgan fingerprint density at radius 1 is 1.06 bits per heavy atom. The van der Waals surface area contributed by atoms with Crippen LogP contribution in [0.1, 0.15) is 49.6 Å². The molecule has 4 aromatic rings.